The van der Waals surface area contributed by atoms with Crippen molar-refractivity contribution in [1.82, 2.24) is 4.90 Å². The fraction of sp³-hybridized carbons (Fsp3) is 0.263. The molecule has 1 aliphatic rings. The summed E-state index contributed by atoms with van der Waals surface area (Å²) in [6.07, 6.45) is 0. The second-order valence-electron chi connectivity index (χ2n) is 5.79. The van der Waals surface area contributed by atoms with E-state index in [-0.39, 0.29) is 11.9 Å². The zero-order chi connectivity index (χ0) is 15.6. The highest BCUT2D eigenvalue weighted by molar-refractivity contribution is 5.78. The normalized spacial score (nSPS) is 17.4. The summed E-state index contributed by atoms with van der Waals surface area (Å²) in [5, 5.41) is 1.09. The molecule has 23 heavy (non-hydrogen) atoms. The van der Waals surface area contributed by atoms with E-state index in [0.29, 0.717) is 13.2 Å². The van der Waals surface area contributed by atoms with Gasteiger partial charge in [-0.15, -0.1) is 0 Å². The number of hydrogen-bond acceptors (Lipinski definition) is 3. The van der Waals surface area contributed by atoms with E-state index in [2.05, 4.69) is 11.0 Å². The van der Waals surface area contributed by atoms with Crippen LogP contribution in [0.1, 0.15) is 17.4 Å². The molecule has 0 aliphatic carbocycles. The van der Waals surface area contributed by atoms with E-state index in [4.69, 9.17) is 9.15 Å². The molecule has 1 aromatic heterocycles. The molecule has 4 rings (SSSR count). The number of ether oxygens (including phenoxy) is 1. The third-order valence-electron chi connectivity index (χ3n) is 4.31. The van der Waals surface area contributed by atoms with Crippen molar-refractivity contribution in [2.24, 2.45) is 0 Å². The summed E-state index contributed by atoms with van der Waals surface area (Å²) in [5.41, 5.74) is 1.91. The van der Waals surface area contributed by atoms with Crippen LogP contribution in [0.2, 0.25) is 0 Å². The minimum Gasteiger partial charge on any atom is -0.459 e. The number of halogens is 1. The van der Waals surface area contributed by atoms with Gasteiger partial charge in [0.1, 0.15) is 17.2 Å². The first-order chi connectivity index (χ1) is 11.3. The molecule has 3 aromatic rings. The van der Waals surface area contributed by atoms with Crippen molar-refractivity contribution < 1.29 is 13.5 Å². The van der Waals surface area contributed by atoms with Crippen LogP contribution in [0.5, 0.6) is 0 Å². The predicted molar refractivity (Wildman–Crippen MR) is 86.8 cm³/mol. The second kappa shape index (κ2) is 6.14. The van der Waals surface area contributed by atoms with Gasteiger partial charge in [0.25, 0.3) is 0 Å². The Morgan fingerprint density at radius 2 is 1.70 bits per heavy atom. The van der Waals surface area contributed by atoms with Crippen LogP contribution in [0.4, 0.5) is 4.39 Å². The Bertz CT molecular complexity index is 757. The molecule has 0 radical (unpaired) electrons. The lowest BCUT2D eigenvalue weighted by Gasteiger charge is -2.33. The number of morpholine rings is 1. The molecule has 4 heteroatoms. The summed E-state index contributed by atoms with van der Waals surface area (Å²) >= 11 is 0. The van der Waals surface area contributed by atoms with Crippen molar-refractivity contribution in [1.29, 1.82) is 0 Å². The summed E-state index contributed by atoms with van der Waals surface area (Å²) in [6, 6.07) is 16.7. The van der Waals surface area contributed by atoms with Crippen molar-refractivity contribution in [2.75, 3.05) is 26.3 Å². The van der Waals surface area contributed by atoms with Crippen LogP contribution in [0.15, 0.2) is 59.0 Å². The van der Waals surface area contributed by atoms with E-state index in [9.17, 15) is 4.39 Å². The van der Waals surface area contributed by atoms with Crippen molar-refractivity contribution in [2.45, 2.75) is 6.04 Å². The van der Waals surface area contributed by atoms with Crippen LogP contribution in [0.25, 0.3) is 11.0 Å². The highest BCUT2D eigenvalue weighted by atomic mass is 19.1. The number of fused-ring (bicyclic) bond motifs is 1. The molecular weight excluding hydrogens is 293 g/mol. The second-order valence-corrected chi connectivity index (χ2v) is 5.79. The Morgan fingerprint density at radius 3 is 2.43 bits per heavy atom. The molecule has 0 amide bonds. The summed E-state index contributed by atoms with van der Waals surface area (Å²) in [4.78, 5) is 2.33. The summed E-state index contributed by atoms with van der Waals surface area (Å²) < 4.78 is 24.9. The van der Waals surface area contributed by atoms with Gasteiger partial charge in [-0.2, -0.15) is 0 Å². The van der Waals surface area contributed by atoms with Crippen LogP contribution in [-0.2, 0) is 4.74 Å². The number of para-hydroxylation sites is 1. The molecule has 1 fully saturated rings. The number of furan rings is 1. The Hall–Kier alpha value is -2.17. The van der Waals surface area contributed by atoms with Gasteiger partial charge in [0, 0.05) is 18.5 Å². The molecule has 2 aromatic carbocycles. The van der Waals surface area contributed by atoms with Gasteiger partial charge in [0.05, 0.1) is 19.3 Å². The van der Waals surface area contributed by atoms with E-state index in [0.717, 1.165) is 35.4 Å². The first-order valence-corrected chi connectivity index (χ1v) is 7.87. The number of nitrogens with zero attached hydrogens (tertiary/aromatic N) is 1. The van der Waals surface area contributed by atoms with E-state index in [1.165, 1.54) is 12.1 Å². The van der Waals surface area contributed by atoms with Gasteiger partial charge in [-0.25, -0.2) is 4.39 Å². The van der Waals surface area contributed by atoms with Gasteiger partial charge in [0.15, 0.2) is 0 Å². The molecule has 0 N–H and O–H groups in total. The molecule has 2 heterocycles. The summed E-state index contributed by atoms with van der Waals surface area (Å²) in [6.45, 7) is 3.08. The zero-order valence-electron chi connectivity index (χ0n) is 12.7. The minimum absolute atomic E-state index is 0.0214. The number of rotatable bonds is 3. The maximum absolute atomic E-state index is 13.3. The molecule has 1 unspecified atom stereocenters. The van der Waals surface area contributed by atoms with Gasteiger partial charge in [0.2, 0.25) is 0 Å². The Morgan fingerprint density at radius 1 is 0.957 bits per heavy atom. The fourth-order valence-electron chi connectivity index (χ4n) is 3.17. The number of benzene rings is 2. The third-order valence-corrected chi connectivity index (χ3v) is 4.31. The van der Waals surface area contributed by atoms with Crippen LogP contribution in [0, 0.1) is 5.82 Å². The van der Waals surface area contributed by atoms with E-state index in [1.54, 1.807) is 0 Å². The predicted octanol–water partition coefficient (Wildman–Crippen LogP) is 3.99. The highest BCUT2D eigenvalue weighted by Crippen LogP contribution is 2.33. The standard InChI is InChI=1S/C19H18FNO2/c20-16-7-5-14(6-8-16)19(21-9-11-22-12-10-21)18-13-15-3-1-2-4-17(15)23-18/h1-8,13,19H,9-12H2. The molecule has 118 valence electrons. The van der Waals surface area contributed by atoms with Crippen LogP contribution < -0.4 is 0 Å². The Balaban J connectivity index is 1.78. The first-order valence-electron chi connectivity index (χ1n) is 7.87. The van der Waals surface area contributed by atoms with Gasteiger partial charge in [-0.1, -0.05) is 30.3 Å². The molecule has 0 bridgehead atoms. The van der Waals surface area contributed by atoms with E-state index >= 15 is 0 Å². The maximum atomic E-state index is 13.3. The zero-order valence-corrected chi connectivity index (χ0v) is 12.7. The van der Waals surface area contributed by atoms with Gasteiger partial charge in [-0.3, -0.25) is 4.90 Å². The van der Waals surface area contributed by atoms with Crippen LogP contribution >= 0.6 is 0 Å². The number of hydrogen-bond donors (Lipinski definition) is 0. The maximum Gasteiger partial charge on any atom is 0.134 e. The molecule has 1 atom stereocenters. The molecule has 1 aliphatic heterocycles. The smallest absolute Gasteiger partial charge is 0.134 e. The average Bonchev–Trinajstić information content (AvgIpc) is 3.01. The fourth-order valence-corrected chi connectivity index (χ4v) is 3.17. The third kappa shape index (κ3) is 2.87. The monoisotopic (exact) mass is 311 g/mol. The van der Waals surface area contributed by atoms with E-state index < -0.39 is 0 Å². The van der Waals surface area contributed by atoms with Gasteiger partial charge < -0.3 is 9.15 Å². The lowest BCUT2D eigenvalue weighted by molar-refractivity contribution is 0.0204. The van der Waals surface area contributed by atoms with Crippen LogP contribution in [-0.4, -0.2) is 31.2 Å². The molecule has 0 spiro atoms. The van der Waals surface area contributed by atoms with Crippen molar-refractivity contribution >= 4 is 11.0 Å². The van der Waals surface area contributed by atoms with Crippen LogP contribution in [0.3, 0.4) is 0 Å². The van der Waals surface area contributed by atoms with Gasteiger partial charge in [-0.05, 0) is 29.8 Å². The first kappa shape index (κ1) is 14.4. The average molecular weight is 311 g/mol. The minimum atomic E-state index is -0.223. The SMILES string of the molecule is Fc1ccc(C(c2cc3ccccc3o2)N2CCOCC2)cc1. The molecule has 3 nitrogen and oxygen atoms in total. The van der Waals surface area contributed by atoms with Crippen molar-refractivity contribution in [3.8, 4) is 0 Å². The summed E-state index contributed by atoms with van der Waals surface area (Å²) in [5.74, 6) is 0.666. The quantitative estimate of drug-likeness (QED) is 0.731. The molecular formula is C19H18FNO2. The highest BCUT2D eigenvalue weighted by Gasteiger charge is 2.27. The lowest BCUT2D eigenvalue weighted by Crippen LogP contribution is -2.39. The van der Waals surface area contributed by atoms with Gasteiger partial charge >= 0.3 is 0 Å². The van der Waals surface area contributed by atoms with Crippen molar-refractivity contribution in [3.05, 3.63) is 71.7 Å². The molecule has 0 saturated carbocycles. The van der Waals surface area contributed by atoms with Crippen molar-refractivity contribution in [3.63, 3.8) is 0 Å². The lowest BCUT2D eigenvalue weighted by atomic mass is 10.0. The van der Waals surface area contributed by atoms with E-state index in [1.807, 2.05) is 36.4 Å². The molecule has 1 saturated heterocycles. The largest absolute Gasteiger partial charge is 0.459 e. The summed E-state index contributed by atoms with van der Waals surface area (Å²) in [7, 11) is 0. The topological polar surface area (TPSA) is 25.6 Å². The Labute approximate surface area is 134 Å². The Kier molecular flexibility index (Phi) is 3.85.